The van der Waals surface area contributed by atoms with Gasteiger partial charge in [0.25, 0.3) is 0 Å². The van der Waals surface area contributed by atoms with Crippen LogP contribution in [0.4, 0.5) is 0 Å². The van der Waals surface area contributed by atoms with Gasteiger partial charge in [0, 0.05) is 12.6 Å². The van der Waals surface area contributed by atoms with Crippen LogP contribution in [0.1, 0.15) is 45.9 Å². The Morgan fingerprint density at radius 1 is 1.23 bits per heavy atom. The molecule has 0 spiro atoms. The van der Waals surface area contributed by atoms with Gasteiger partial charge in [-0.3, -0.25) is 0 Å². The van der Waals surface area contributed by atoms with Gasteiger partial charge in [0.05, 0.1) is 12.7 Å². The fourth-order valence-electron chi connectivity index (χ4n) is 3.13. The van der Waals surface area contributed by atoms with E-state index < -0.39 is 0 Å². The molecule has 2 aromatic carbocycles. The van der Waals surface area contributed by atoms with E-state index >= 15 is 0 Å². The Hall–Kier alpha value is -2.13. The molecular formula is C19H21NO2. The van der Waals surface area contributed by atoms with E-state index in [-0.39, 0.29) is 5.97 Å². The van der Waals surface area contributed by atoms with E-state index in [1.54, 1.807) is 6.07 Å². The molecule has 0 unspecified atom stereocenters. The molecule has 0 radical (unpaired) electrons. The minimum Gasteiger partial charge on any atom is -0.465 e. The molecule has 1 atom stereocenters. The van der Waals surface area contributed by atoms with Crippen molar-refractivity contribution < 1.29 is 9.53 Å². The van der Waals surface area contributed by atoms with Crippen LogP contribution in [0, 0.1) is 0 Å². The summed E-state index contributed by atoms with van der Waals surface area (Å²) in [6, 6.07) is 16.7. The number of methoxy groups -OCH3 is 1. The molecule has 0 aromatic heterocycles. The van der Waals surface area contributed by atoms with Crippen molar-refractivity contribution in [1.82, 2.24) is 5.32 Å². The second-order valence-electron chi connectivity index (χ2n) is 5.72. The summed E-state index contributed by atoms with van der Waals surface area (Å²) in [5, 5.41) is 3.63. The number of rotatable bonds is 4. The molecule has 1 aliphatic rings. The Bertz CT molecular complexity index is 666. The predicted molar refractivity (Wildman–Crippen MR) is 86.7 cm³/mol. The van der Waals surface area contributed by atoms with Gasteiger partial charge < -0.3 is 10.1 Å². The standard InChI is InChI=1S/C19H21NO2/c1-22-19(21)16-9-4-6-14(12-16)13-20-18-11-5-8-15-7-2-3-10-17(15)18/h2-4,6-7,9-10,12,18,20H,5,8,11,13H2,1H3/t18-/m0/s1. The number of hydrogen-bond acceptors (Lipinski definition) is 3. The quantitative estimate of drug-likeness (QED) is 0.875. The zero-order valence-electron chi connectivity index (χ0n) is 12.8. The van der Waals surface area contributed by atoms with Crippen molar-refractivity contribution in [2.45, 2.75) is 31.8 Å². The first-order valence-electron chi connectivity index (χ1n) is 7.76. The number of fused-ring (bicyclic) bond motifs is 1. The topological polar surface area (TPSA) is 38.3 Å². The zero-order chi connectivity index (χ0) is 15.4. The summed E-state index contributed by atoms with van der Waals surface area (Å²) in [5.41, 5.74) is 4.57. The first-order chi connectivity index (χ1) is 10.8. The molecule has 3 rings (SSSR count). The summed E-state index contributed by atoms with van der Waals surface area (Å²) in [4.78, 5) is 11.6. The minimum absolute atomic E-state index is 0.287. The van der Waals surface area contributed by atoms with Crippen LogP contribution in [0.2, 0.25) is 0 Å². The van der Waals surface area contributed by atoms with Crippen LogP contribution in [0.25, 0.3) is 0 Å². The molecule has 1 N–H and O–H groups in total. The van der Waals surface area contributed by atoms with Crippen molar-refractivity contribution in [2.24, 2.45) is 0 Å². The first kappa shape index (κ1) is 14.8. The Morgan fingerprint density at radius 3 is 2.95 bits per heavy atom. The smallest absolute Gasteiger partial charge is 0.337 e. The summed E-state index contributed by atoms with van der Waals surface area (Å²) in [6.07, 6.45) is 3.55. The first-order valence-corrected chi connectivity index (χ1v) is 7.76. The highest BCUT2D eigenvalue weighted by molar-refractivity contribution is 5.89. The third kappa shape index (κ3) is 3.20. The van der Waals surface area contributed by atoms with Gasteiger partial charge in [-0.25, -0.2) is 4.79 Å². The molecule has 3 heteroatoms. The van der Waals surface area contributed by atoms with Crippen molar-refractivity contribution in [3.8, 4) is 0 Å². The monoisotopic (exact) mass is 295 g/mol. The molecule has 0 saturated heterocycles. The molecule has 0 fully saturated rings. The van der Waals surface area contributed by atoms with Crippen molar-refractivity contribution in [3.63, 3.8) is 0 Å². The number of nitrogens with one attached hydrogen (secondary N) is 1. The van der Waals surface area contributed by atoms with E-state index in [0.29, 0.717) is 11.6 Å². The molecule has 0 heterocycles. The van der Waals surface area contributed by atoms with Crippen LogP contribution in [0.15, 0.2) is 48.5 Å². The highest BCUT2D eigenvalue weighted by Gasteiger charge is 2.19. The Labute approximate surface area is 131 Å². The van der Waals surface area contributed by atoms with Crippen molar-refractivity contribution in [3.05, 3.63) is 70.8 Å². The van der Waals surface area contributed by atoms with Gasteiger partial charge in [0.2, 0.25) is 0 Å². The highest BCUT2D eigenvalue weighted by Crippen LogP contribution is 2.29. The zero-order valence-corrected chi connectivity index (χ0v) is 12.8. The van der Waals surface area contributed by atoms with E-state index in [1.165, 1.54) is 31.1 Å². The van der Waals surface area contributed by atoms with Gasteiger partial charge >= 0.3 is 5.97 Å². The molecule has 0 aliphatic heterocycles. The Morgan fingerprint density at radius 2 is 2.09 bits per heavy atom. The lowest BCUT2D eigenvalue weighted by atomic mass is 9.87. The van der Waals surface area contributed by atoms with Gasteiger partial charge in [-0.15, -0.1) is 0 Å². The van der Waals surface area contributed by atoms with Gasteiger partial charge in [-0.1, -0.05) is 36.4 Å². The lowest BCUT2D eigenvalue weighted by Crippen LogP contribution is -2.24. The molecule has 0 bridgehead atoms. The third-order valence-corrected chi connectivity index (χ3v) is 4.27. The highest BCUT2D eigenvalue weighted by atomic mass is 16.5. The summed E-state index contributed by atoms with van der Waals surface area (Å²) in [6.45, 7) is 0.754. The molecule has 22 heavy (non-hydrogen) atoms. The van der Waals surface area contributed by atoms with Gasteiger partial charge in [-0.2, -0.15) is 0 Å². The fourth-order valence-corrected chi connectivity index (χ4v) is 3.13. The van der Waals surface area contributed by atoms with Gasteiger partial charge in [0.15, 0.2) is 0 Å². The van der Waals surface area contributed by atoms with Crippen LogP contribution >= 0.6 is 0 Å². The SMILES string of the molecule is COC(=O)c1cccc(CN[C@H]2CCCc3ccccc32)c1. The molecule has 3 nitrogen and oxygen atoms in total. The minimum atomic E-state index is -0.287. The maximum absolute atomic E-state index is 11.6. The molecule has 0 amide bonds. The summed E-state index contributed by atoms with van der Waals surface area (Å²) in [5.74, 6) is -0.287. The Kier molecular flexibility index (Phi) is 4.54. The number of esters is 1. The van der Waals surface area contributed by atoms with E-state index in [0.717, 1.165) is 18.5 Å². The lowest BCUT2D eigenvalue weighted by Gasteiger charge is -2.26. The van der Waals surface area contributed by atoms with E-state index in [4.69, 9.17) is 4.74 Å². The van der Waals surface area contributed by atoms with Crippen molar-refractivity contribution in [2.75, 3.05) is 7.11 Å². The van der Waals surface area contributed by atoms with Crippen molar-refractivity contribution >= 4 is 5.97 Å². The maximum atomic E-state index is 11.6. The van der Waals surface area contributed by atoms with E-state index in [1.807, 2.05) is 18.2 Å². The molecule has 1 aliphatic carbocycles. The van der Waals surface area contributed by atoms with Crippen LogP contribution in [-0.2, 0) is 17.7 Å². The molecule has 114 valence electrons. The van der Waals surface area contributed by atoms with E-state index in [2.05, 4.69) is 29.6 Å². The van der Waals surface area contributed by atoms with Crippen LogP contribution in [-0.4, -0.2) is 13.1 Å². The second kappa shape index (κ2) is 6.75. The summed E-state index contributed by atoms with van der Waals surface area (Å²) in [7, 11) is 1.41. The Balaban J connectivity index is 1.70. The van der Waals surface area contributed by atoms with E-state index in [9.17, 15) is 4.79 Å². The van der Waals surface area contributed by atoms with Crippen LogP contribution in [0.3, 0.4) is 0 Å². The predicted octanol–water partition coefficient (Wildman–Crippen LogP) is 3.64. The second-order valence-corrected chi connectivity index (χ2v) is 5.72. The van der Waals surface area contributed by atoms with Gasteiger partial charge in [0.1, 0.15) is 0 Å². The average molecular weight is 295 g/mol. The number of aryl methyl sites for hydroxylation is 1. The number of carbonyl (C=O) groups excluding carboxylic acids is 1. The normalized spacial score (nSPS) is 16.9. The number of benzene rings is 2. The summed E-state index contributed by atoms with van der Waals surface area (Å²) < 4.78 is 4.77. The molecular weight excluding hydrogens is 274 g/mol. The third-order valence-electron chi connectivity index (χ3n) is 4.27. The number of carbonyl (C=O) groups is 1. The van der Waals surface area contributed by atoms with Crippen molar-refractivity contribution in [1.29, 1.82) is 0 Å². The summed E-state index contributed by atoms with van der Waals surface area (Å²) >= 11 is 0. The molecule has 2 aromatic rings. The molecule has 0 saturated carbocycles. The number of ether oxygens (including phenoxy) is 1. The lowest BCUT2D eigenvalue weighted by molar-refractivity contribution is 0.0600. The fraction of sp³-hybridized carbons (Fsp3) is 0.316. The van der Waals surface area contributed by atoms with Gasteiger partial charge in [-0.05, 0) is 48.1 Å². The van der Waals surface area contributed by atoms with Crippen LogP contribution < -0.4 is 5.32 Å². The number of hydrogen-bond donors (Lipinski definition) is 1. The maximum Gasteiger partial charge on any atom is 0.337 e. The largest absolute Gasteiger partial charge is 0.465 e. The van der Waals surface area contributed by atoms with Crippen LogP contribution in [0.5, 0.6) is 0 Å². The average Bonchev–Trinajstić information content (AvgIpc) is 2.59.